The summed E-state index contributed by atoms with van der Waals surface area (Å²) in [7, 11) is 1.59. The fourth-order valence-corrected chi connectivity index (χ4v) is 1.97. The Bertz CT molecular complexity index is 656. The van der Waals surface area contributed by atoms with Crippen LogP contribution >= 0.6 is 0 Å². The van der Waals surface area contributed by atoms with Crippen molar-refractivity contribution < 1.29 is 14.3 Å². The maximum Gasteiger partial charge on any atom is 0.227 e. The maximum absolute atomic E-state index is 11.9. The largest absolute Gasteiger partial charge is 0.493 e. The van der Waals surface area contributed by atoms with Gasteiger partial charge in [-0.15, -0.1) is 0 Å². The highest BCUT2D eigenvalue weighted by atomic mass is 16.5. The third-order valence-electron chi connectivity index (χ3n) is 3.14. The van der Waals surface area contributed by atoms with Gasteiger partial charge in [-0.3, -0.25) is 4.79 Å². The fourth-order valence-electron chi connectivity index (χ4n) is 1.97. The lowest BCUT2D eigenvalue weighted by molar-refractivity contribution is -0.116. The molecule has 2 rings (SSSR count). The number of nitrogen functional groups attached to an aromatic ring is 1. The Balaban J connectivity index is 1.86. The predicted molar refractivity (Wildman–Crippen MR) is 87.3 cm³/mol. The Morgan fingerprint density at radius 1 is 1.18 bits per heavy atom. The van der Waals surface area contributed by atoms with Crippen LogP contribution in [0.25, 0.3) is 0 Å². The molecule has 0 aliphatic rings. The number of aryl methyl sites for hydroxylation is 1. The summed E-state index contributed by atoms with van der Waals surface area (Å²) in [4.78, 5) is 11.9. The number of nitrogens with one attached hydrogen (secondary N) is 1. The second-order valence-electron chi connectivity index (χ2n) is 4.89. The Kier molecular flexibility index (Phi) is 5.25. The lowest BCUT2D eigenvalue weighted by atomic mass is 10.2. The van der Waals surface area contributed by atoms with Crippen LogP contribution in [0.5, 0.6) is 11.5 Å². The van der Waals surface area contributed by atoms with Crippen LogP contribution in [0.15, 0.2) is 42.5 Å². The zero-order chi connectivity index (χ0) is 15.9. The van der Waals surface area contributed by atoms with Gasteiger partial charge in [-0.1, -0.05) is 18.2 Å². The number of anilines is 2. The zero-order valence-electron chi connectivity index (χ0n) is 12.8. The lowest BCUT2D eigenvalue weighted by Gasteiger charge is -2.12. The van der Waals surface area contributed by atoms with E-state index in [4.69, 9.17) is 15.2 Å². The van der Waals surface area contributed by atoms with E-state index in [1.165, 1.54) is 0 Å². The number of carbonyl (C=O) groups is 1. The van der Waals surface area contributed by atoms with E-state index in [-0.39, 0.29) is 18.9 Å². The molecule has 0 aromatic heterocycles. The van der Waals surface area contributed by atoms with Crippen LogP contribution in [0.3, 0.4) is 0 Å². The van der Waals surface area contributed by atoms with Crippen molar-refractivity contribution in [3.63, 3.8) is 0 Å². The van der Waals surface area contributed by atoms with Gasteiger partial charge in [-0.2, -0.15) is 0 Å². The van der Waals surface area contributed by atoms with E-state index in [0.717, 1.165) is 5.56 Å². The molecule has 22 heavy (non-hydrogen) atoms. The number of para-hydroxylation sites is 2. The minimum atomic E-state index is -0.149. The molecule has 0 spiro atoms. The third-order valence-corrected chi connectivity index (χ3v) is 3.14. The van der Waals surface area contributed by atoms with E-state index >= 15 is 0 Å². The molecule has 5 nitrogen and oxygen atoms in total. The van der Waals surface area contributed by atoms with E-state index in [9.17, 15) is 4.79 Å². The van der Waals surface area contributed by atoms with Crippen molar-refractivity contribution in [2.75, 3.05) is 24.8 Å². The van der Waals surface area contributed by atoms with E-state index in [1.54, 1.807) is 19.2 Å². The van der Waals surface area contributed by atoms with Gasteiger partial charge in [0, 0.05) is 0 Å². The molecule has 0 saturated heterocycles. The van der Waals surface area contributed by atoms with E-state index < -0.39 is 0 Å². The number of hydrogen-bond acceptors (Lipinski definition) is 4. The van der Waals surface area contributed by atoms with E-state index in [1.807, 2.05) is 37.3 Å². The number of benzene rings is 2. The molecule has 1 amide bonds. The van der Waals surface area contributed by atoms with Gasteiger partial charge in [0.25, 0.3) is 0 Å². The Morgan fingerprint density at radius 3 is 2.68 bits per heavy atom. The summed E-state index contributed by atoms with van der Waals surface area (Å²) in [5.41, 5.74) is 8.01. The molecule has 0 radical (unpaired) electrons. The van der Waals surface area contributed by atoms with Crippen LogP contribution in [0, 0.1) is 6.92 Å². The molecule has 0 unspecified atom stereocenters. The smallest absolute Gasteiger partial charge is 0.227 e. The normalized spacial score (nSPS) is 10.1. The molecular weight excluding hydrogens is 280 g/mol. The van der Waals surface area contributed by atoms with E-state index in [2.05, 4.69) is 5.32 Å². The van der Waals surface area contributed by atoms with Gasteiger partial charge in [-0.25, -0.2) is 0 Å². The third kappa shape index (κ3) is 4.15. The Hall–Kier alpha value is -2.69. The molecule has 0 atom stereocenters. The summed E-state index contributed by atoms with van der Waals surface area (Å²) < 4.78 is 10.9. The SMILES string of the molecule is COc1cc(C)ccc1OCCC(=O)Nc1ccccc1N. The number of ether oxygens (including phenoxy) is 2. The molecule has 2 aromatic carbocycles. The maximum atomic E-state index is 11.9. The highest BCUT2D eigenvalue weighted by Crippen LogP contribution is 2.27. The summed E-state index contributed by atoms with van der Waals surface area (Å²) in [5.74, 6) is 1.14. The topological polar surface area (TPSA) is 73.6 Å². The van der Waals surface area contributed by atoms with Gasteiger partial charge in [0.2, 0.25) is 5.91 Å². The molecule has 0 aliphatic carbocycles. The second kappa shape index (κ2) is 7.36. The summed E-state index contributed by atoms with van der Waals surface area (Å²) in [6.07, 6.45) is 0.228. The predicted octanol–water partition coefficient (Wildman–Crippen LogP) is 2.99. The van der Waals surface area contributed by atoms with Crippen molar-refractivity contribution in [2.24, 2.45) is 0 Å². The molecule has 116 valence electrons. The van der Waals surface area contributed by atoms with Gasteiger partial charge >= 0.3 is 0 Å². The van der Waals surface area contributed by atoms with Crippen LogP contribution in [-0.2, 0) is 4.79 Å². The van der Waals surface area contributed by atoms with Gasteiger partial charge in [0.15, 0.2) is 11.5 Å². The van der Waals surface area contributed by atoms with Gasteiger partial charge < -0.3 is 20.5 Å². The second-order valence-corrected chi connectivity index (χ2v) is 4.89. The number of carbonyl (C=O) groups excluding carboxylic acids is 1. The lowest BCUT2D eigenvalue weighted by Crippen LogP contribution is -2.16. The summed E-state index contributed by atoms with van der Waals surface area (Å²) in [6, 6.07) is 12.8. The first-order valence-corrected chi connectivity index (χ1v) is 7.02. The van der Waals surface area contributed by atoms with Crippen molar-refractivity contribution in [3.8, 4) is 11.5 Å². The van der Waals surface area contributed by atoms with Crippen molar-refractivity contribution in [1.82, 2.24) is 0 Å². The van der Waals surface area contributed by atoms with Crippen molar-refractivity contribution >= 4 is 17.3 Å². The fraction of sp³-hybridized carbons (Fsp3) is 0.235. The van der Waals surface area contributed by atoms with Crippen LogP contribution in [0.1, 0.15) is 12.0 Å². The first-order chi connectivity index (χ1) is 10.6. The molecule has 0 heterocycles. The first kappa shape index (κ1) is 15.7. The zero-order valence-corrected chi connectivity index (χ0v) is 12.8. The van der Waals surface area contributed by atoms with Crippen LogP contribution < -0.4 is 20.5 Å². The summed E-state index contributed by atoms with van der Waals surface area (Å²) in [5, 5.41) is 2.76. The minimum Gasteiger partial charge on any atom is -0.493 e. The van der Waals surface area contributed by atoms with E-state index in [0.29, 0.717) is 22.9 Å². The van der Waals surface area contributed by atoms with Crippen molar-refractivity contribution in [1.29, 1.82) is 0 Å². The molecule has 5 heteroatoms. The Labute approximate surface area is 130 Å². The van der Waals surface area contributed by atoms with Gasteiger partial charge in [0.1, 0.15) is 0 Å². The molecule has 0 aliphatic heterocycles. The minimum absolute atomic E-state index is 0.149. The number of amides is 1. The van der Waals surface area contributed by atoms with Crippen LogP contribution in [-0.4, -0.2) is 19.6 Å². The van der Waals surface area contributed by atoms with Crippen molar-refractivity contribution in [2.45, 2.75) is 13.3 Å². The standard InChI is InChI=1S/C17H20N2O3/c1-12-7-8-15(16(11-12)21-2)22-10-9-17(20)19-14-6-4-3-5-13(14)18/h3-8,11H,9-10,18H2,1-2H3,(H,19,20). The molecule has 0 bridgehead atoms. The average molecular weight is 300 g/mol. The van der Waals surface area contributed by atoms with Gasteiger partial charge in [-0.05, 0) is 36.8 Å². The highest BCUT2D eigenvalue weighted by Gasteiger charge is 2.07. The van der Waals surface area contributed by atoms with Crippen LogP contribution in [0.4, 0.5) is 11.4 Å². The van der Waals surface area contributed by atoms with Crippen LogP contribution in [0.2, 0.25) is 0 Å². The first-order valence-electron chi connectivity index (χ1n) is 7.02. The Morgan fingerprint density at radius 2 is 1.95 bits per heavy atom. The molecule has 2 aromatic rings. The summed E-state index contributed by atoms with van der Waals surface area (Å²) in [6.45, 7) is 2.24. The molecule has 3 N–H and O–H groups in total. The number of methoxy groups -OCH3 is 1. The molecule has 0 fully saturated rings. The number of hydrogen-bond donors (Lipinski definition) is 2. The summed E-state index contributed by atoms with van der Waals surface area (Å²) >= 11 is 0. The highest BCUT2D eigenvalue weighted by molar-refractivity contribution is 5.93. The number of rotatable bonds is 6. The van der Waals surface area contributed by atoms with Gasteiger partial charge in [0.05, 0.1) is 31.5 Å². The van der Waals surface area contributed by atoms with Crippen molar-refractivity contribution in [3.05, 3.63) is 48.0 Å². The monoisotopic (exact) mass is 300 g/mol. The molecular formula is C17H20N2O3. The number of nitrogens with two attached hydrogens (primary N) is 1. The average Bonchev–Trinajstić information content (AvgIpc) is 2.51. The quantitative estimate of drug-likeness (QED) is 0.804. The molecule has 0 saturated carbocycles.